The number of aromatic nitrogens is 1. The number of nitrogens with two attached hydrogens (primary N) is 2. The van der Waals surface area contributed by atoms with Gasteiger partial charge in [0.15, 0.2) is 0 Å². The topological polar surface area (TPSA) is 97.2 Å². The van der Waals surface area contributed by atoms with Gasteiger partial charge in [-0.15, -0.1) is 0 Å². The monoisotopic (exact) mass is 222 g/mol. The molecule has 16 heavy (non-hydrogen) atoms. The van der Waals surface area contributed by atoms with Gasteiger partial charge in [0.05, 0.1) is 11.3 Å². The Morgan fingerprint density at radius 1 is 1.31 bits per heavy atom. The summed E-state index contributed by atoms with van der Waals surface area (Å²) in [7, 11) is 0. The number of anilines is 3. The fraction of sp³-hybridized carbons (Fsp3) is 0.545. The molecule has 0 unspecified atom stereocenters. The molecule has 0 spiro atoms. The Balaban J connectivity index is 1.96. The number of nitrogens with one attached hydrogen (secondary N) is 1. The van der Waals surface area contributed by atoms with Crippen molar-refractivity contribution < 1.29 is 5.11 Å². The molecule has 0 aliphatic heterocycles. The van der Waals surface area contributed by atoms with Crippen LogP contribution in [0.4, 0.5) is 17.3 Å². The van der Waals surface area contributed by atoms with Crippen LogP contribution in [0.25, 0.3) is 0 Å². The standard InChI is InChI=1S/C11H18N4O/c12-8-3-4-9(15-10(8)13)14-7-11(16)5-1-2-6-11/h3-4,16H,1-2,5-7,12H2,(H3,13,14,15). The van der Waals surface area contributed by atoms with Gasteiger partial charge in [-0.05, 0) is 25.0 Å². The van der Waals surface area contributed by atoms with Gasteiger partial charge in [-0.1, -0.05) is 12.8 Å². The van der Waals surface area contributed by atoms with Gasteiger partial charge in [0.1, 0.15) is 11.6 Å². The quantitative estimate of drug-likeness (QED) is 0.611. The van der Waals surface area contributed by atoms with Gasteiger partial charge < -0.3 is 21.9 Å². The van der Waals surface area contributed by atoms with Crippen molar-refractivity contribution in [1.82, 2.24) is 4.98 Å². The average Bonchev–Trinajstić information content (AvgIpc) is 2.68. The van der Waals surface area contributed by atoms with E-state index >= 15 is 0 Å². The largest absolute Gasteiger partial charge is 0.396 e. The van der Waals surface area contributed by atoms with Crippen molar-refractivity contribution in [3.63, 3.8) is 0 Å². The van der Waals surface area contributed by atoms with Crippen LogP contribution in [-0.4, -0.2) is 22.2 Å². The van der Waals surface area contributed by atoms with Crippen LogP contribution in [0.15, 0.2) is 12.1 Å². The molecule has 1 aromatic rings. The van der Waals surface area contributed by atoms with Gasteiger partial charge >= 0.3 is 0 Å². The van der Waals surface area contributed by atoms with Gasteiger partial charge in [0.25, 0.3) is 0 Å². The number of hydrogen-bond donors (Lipinski definition) is 4. The second-order valence-electron chi connectivity index (χ2n) is 4.46. The van der Waals surface area contributed by atoms with E-state index in [2.05, 4.69) is 10.3 Å². The summed E-state index contributed by atoms with van der Waals surface area (Å²) < 4.78 is 0. The first-order valence-electron chi connectivity index (χ1n) is 5.57. The summed E-state index contributed by atoms with van der Waals surface area (Å²) in [5.41, 5.74) is 11.1. The molecule has 1 aromatic heterocycles. The maximum atomic E-state index is 10.1. The van der Waals surface area contributed by atoms with Crippen LogP contribution in [0.1, 0.15) is 25.7 Å². The van der Waals surface area contributed by atoms with Gasteiger partial charge in [-0.2, -0.15) is 0 Å². The molecule has 0 radical (unpaired) electrons. The van der Waals surface area contributed by atoms with Crippen LogP contribution < -0.4 is 16.8 Å². The minimum atomic E-state index is -0.585. The average molecular weight is 222 g/mol. The van der Waals surface area contributed by atoms with Crippen molar-refractivity contribution in [2.75, 3.05) is 23.3 Å². The van der Waals surface area contributed by atoms with E-state index in [1.54, 1.807) is 12.1 Å². The molecule has 1 saturated carbocycles. The van der Waals surface area contributed by atoms with Gasteiger partial charge in [-0.3, -0.25) is 0 Å². The van der Waals surface area contributed by atoms with E-state index in [1.165, 1.54) is 0 Å². The second kappa shape index (κ2) is 4.17. The molecule has 1 heterocycles. The lowest BCUT2D eigenvalue weighted by atomic mass is 10.0. The van der Waals surface area contributed by atoms with E-state index in [-0.39, 0.29) is 0 Å². The summed E-state index contributed by atoms with van der Waals surface area (Å²) in [6.07, 6.45) is 3.89. The Kier molecular flexibility index (Phi) is 2.87. The molecular weight excluding hydrogens is 204 g/mol. The number of aliphatic hydroxyl groups is 1. The molecule has 0 aromatic carbocycles. The van der Waals surface area contributed by atoms with Crippen molar-refractivity contribution in [3.05, 3.63) is 12.1 Å². The molecule has 0 atom stereocenters. The third kappa shape index (κ3) is 2.36. The van der Waals surface area contributed by atoms with Gasteiger partial charge in [0.2, 0.25) is 0 Å². The molecule has 1 aliphatic carbocycles. The Labute approximate surface area is 94.9 Å². The van der Waals surface area contributed by atoms with Crippen LogP contribution >= 0.6 is 0 Å². The predicted molar refractivity (Wildman–Crippen MR) is 65.0 cm³/mol. The third-order valence-corrected chi connectivity index (χ3v) is 3.09. The first kappa shape index (κ1) is 11.0. The van der Waals surface area contributed by atoms with E-state index in [0.29, 0.717) is 23.9 Å². The Hall–Kier alpha value is -1.49. The maximum Gasteiger partial charge on any atom is 0.149 e. The first-order chi connectivity index (χ1) is 7.59. The molecule has 1 fully saturated rings. The van der Waals surface area contributed by atoms with E-state index in [0.717, 1.165) is 25.7 Å². The lowest BCUT2D eigenvalue weighted by Crippen LogP contribution is -2.33. The number of nitrogen functional groups attached to an aromatic ring is 2. The van der Waals surface area contributed by atoms with Gasteiger partial charge in [0, 0.05) is 6.54 Å². The normalized spacial score (nSPS) is 18.6. The molecule has 88 valence electrons. The van der Waals surface area contributed by atoms with E-state index < -0.39 is 5.60 Å². The smallest absolute Gasteiger partial charge is 0.149 e. The summed E-state index contributed by atoms with van der Waals surface area (Å²) in [4.78, 5) is 4.10. The zero-order valence-corrected chi connectivity index (χ0v) is 9.24. The summed E-state index contributed by atoms with van der Waals surface area (Å²) >= 11 is 0. The molecular formula is C11H18N4O. The summed E-state index contributed by atoms with van der Waals surface area (Å²) in [5.74, 6) is 0.982. The van der Waals surface area contributed by atoms with Crippen LogP contribution in [0.5, 0.6) is 0 Å². The predicted octanol–water partition coefficient (Wildman–Crippen LogP) is 0.963. The molecule has 5 heteroatoms. The number of rotatable bonds is 3. The lowest BCUT2D eigenvalue weighted by molar-refractivity contribution is 0.0614. The van der Waals surface area contributed by atoms with E-state index in [1.807, 2.05) is 0 Å². The third-order valence-electron chi connectivity index (χ3n) is 3.09. The SMILES string of the molecule is Nc1ccc(NCC2(O)CCCC2)nc1N. The minimum Gasteiger partial charge on any atom is -0.396 e. The molecule has 5 nitrogen and oxygen atoms in total. The zero-order chi connectivity index (χ0) is 11.6. The van der Waals surface area contributed by atoms with Crippen LogP contribution in [0.3, 0.4) is 0 Å². The molecule has 2 rings (SSSR count). The highest BCUT2D eigenvalue weighted by atomic mass is 16.3. The fourth-order valence-corrected chi connectivity index (χ4v) is 2.05. The van der Waals surface area contributed by atoms with E-state index in [4.69, 9.17) is 11.5 Å². The molecule has 0 saturated heterocycles. The number of pyridine rings is 1. The fourth-order valence-electron chi connectivity index (χ4n) is 2.05. The van der Waals surface area contributed by atoms with Crippen molar-refractivity contribution >= 4 is 17.3 Å². The van der Waals surface area contributed by atoms with Crippen molar-refractivity contribution in [2.45, 2.75) is 31.3 Å². The highest BCUT2D eigenvalue weighted by molar-refractivity contribution is 5.61. The Bertz CT molecular complexity index is 374. The van der Waals surface area contributed by atoms with Crippen molar-refractivity contribution in [2.24, 2.45) is 0 Å². The number of hydrogen-bond acceptors (Lipinski definition) is 5. The second-order valence-corrected chi connectivity index (χ2v) is 4.46. The maximum absolute atomic E-state index is 10.1. The van der Waals surface area contributed by atoms with Crippen LogP contribution in [-0.2, 0) is 0 Å². The summed E-state index contributed by atoms with van der Waals surface area (Å²) in [5, 5.41) is 13.2. The Morgan fingerprint density at radius 3 is 2.62 bits per heavy atom. The van der Waals surface area contributed by atoms with Crippen LogP contribution in [0.2, 0.25) is 0 Å². The molecule has 0 amide bonds. The molecule has 6 N–H and O–H groups in total. The van der Waals surface area contributed by atoms with E-state index in [9.17, 15) is 5.11 Å². The summed E-state index contributed by atoms with van der Waals surface area (Å²) in [6, 6.07) is 3.48. The molecule has 0 bridgehead atoms. The first-order valence-corrected chi connectivity index (χ1v) is 5.57. The molecule has 1 aliphatic rings. The minimum absolute atomic E-state index is 0.323. The highest BCUT2D eigenvalue weighted by Gasteiger charge is 2.30. The highest BCUT2D eigenvalue weighted by Crippen LogP contribution is 2.29. The van der Waals surface area contributed by atoms with Gasteiger partial charge in [-0.25, -0.2) is 4.98 Å². The van der Waals surface area contributed by atoms with Crippen molar-refractivity contribution in [3.8, 4) is 0 Å². The summed E-state index contributed by atoms with van der Waals surface area (Å²) in [6.45, 7) is 0.517. The Morgan fingerprint density at radius 2 is 2.00 bits per heavy atom. The van der Waals surface area contributed by atoms with Crippen molar-refractivity contribution in [1.29, 1.82) is 0 Å². The number of nitrogens with zero attached hydrogens (tertiary/aromatic N) is 1. The zero-order valence-electron chi connectivity index (χ0n) is 9.24. The van der Waals surface area contributed by atoms with Crippen LogP contribution in [0, 0.1) is 0 Å². The lowest BCUT2D eigenvalue weighted by Gasteiger charge is -2.22.